The highest BCUT2D eigenvalue weighted by Gasteiger charge is 2.44. The van der Waals surface area contributed by atoms with Crippen LogP contribution >= 0.6 is 15.2 Å². The number of aliphatic carboxylic acids is 2. The maximum absolute atomic E-state index is 12.4. The lowest BCUT2D eigenvalue weighted by molar-refractivity contribution is -0.140. The van der Waals surface area contributed by atoms with Crippen molar-refractivity contribution in [3.05, 3.63) is 0 Å². The van der Waals surface area contributed by atoms with Crippen LogP contribution in [0, 0.1) is 0 Å². The zero-order chi connectivity index (χ0) is 28.4. The molecule has 0 radical (unpaired) electrons. The van der Waals surface area contributed by atoms with Crippen LogP contribution in [0.15, 0.2) is 0 Å². The molecule has 0 aliphatic carbocycles. The van der Waals surface area contributed by atoms with Gasteiger partial charge in [-0.2, -0.15) is 0 Å². The molecular weight excluding hydrogens is 544 g/mol. The highest BCUT2D eigenvalue weighted by Crippen LogP contribution is 2.58. The molecule has 2 amide bonds. The van der Waals surface area contributed by atoms with Crippen molar-refractivity contribution in [3.8, 4) is 0 Å². The monoisotopic (exact) mass is 577 g/mol. The van der Waals surface area contributed by atoms with Gasteiger partial charge in [0.15, 0.2) is 0 Å². The summed E-state index contributed by atoms with van der Waals surface area (Å²) in [5.74, 6) is -3.42. The zero-order valence-electron chi connectivity index (χ0n) is 19.8. The first-order valence-corrected chi connectivity index (χ1v) is 14.3. The molecule has 1 fully saturated rings. The van der Waals surface area contributed by atoms with Gasteiger partial charge < -0.3 is 45.1 Å². The van der Waals surface area contributed by atoms with Gasteiger partial charge in [0, 0.05) is 52.4 Å². The van der Waals surface area contributed by atoms with E-state index in [0.717, 1.165) is 4.90 Å². The maximum atomic E-state index is 12.4. The van der Waals surface area contributed by atoms with Crippen molar-refractivity contribution in [1.29, 1.82) is 0 Å². The van der Waals surface area contributed by atoms with Crippen LogP contribution in [0.3, 0.4) is 0 Å². The van der Waals surface area contributed by atoms with Crippen LogP contribution in [0.2, 0.25) is 0 Å². The fraction of sp³-hybridized carbons (Fsp3) is 0.765. The Balaban J connectivity index is 3.09. The Kier molecular flexibility index (Phi) is 13.1. The number of carbonyl (C=O) groups excluding carboxylic acids is 1. The van der Waals surface area contributed by atoms with Gasteiger partial charge in [-0.3, -0.25) is 38.2 Å². The number of carbonyl (C=O) groups is 4. The van der Waals surface area contributed by atoms with E-state index >= 15 is 0 Å². The summed E-state index contributed by atoms with van der Waals surface area (Å²) in [4.78, 5) is 88.8. The first-order valence-electron chi connectivity index (χ1n) is 11.0. The highest BCUT2D eigenvalue weighted by atomic mass is 31.2. The molecule has 0 saturated carbocycles. The van der Waals surface area contributed by atoms with Crippen LogP contribution in [-0.2, 0) is 23.5 Å². The van der Waals surface area contributed by atoms with Crippen LogP contribution in [-0.4, -0.2) is 156 Å². The third-order valence-electron chi connectivity index (χ3n) is 5.34. The molecule has 0 unspecified atom stereocenters. The van der Waals surface area contributed by atoms with Gasteiger partial charge >= 0.3 is 33.2 Å². The normalized spacial score (nSPS) is 18.5. The summed E-state index contributed by atoms with van der Waals surface area (Å²) < 4.78 is 22.9. The van der Waals surface area contributed by atoms with Crippen molar-refractivity contribution in [1.82, 2.24) is 24.9 Å². The molecule has 1 heterocycles. The van der Waals surface area contributed by atoms with Gasteiger partial charge in [-0.1, -0.05) is 0 Å². The molecule has 0 aromatic carbocycles. The van der Waals surface area contributed by atoms with E-state index in [1.807, 2.05) is 0 Å². The number of hydrogen-bond donors (Lipinski definition) is 8. The fourth-order valence-corrected chi connectivity index (χ4v) is 5.76. The summed E-state index contributed by atoms with van der Waals surface area (Å²) in [5, 5.41) is 29.5. The largest absolute Gasteiger partial charge is 0.480 e. The summed E-state index contributed by atoms with van der Waals surface area (Å²) >= 11 is 0. The number of carboxylic acid groups (broad SMARTS) is 3. The second kappa shape index (κ2) is 14.7. The predicted molar refractivity (Wildman–Crippen MR) is 125 cm³/mol. The summed E-state index contributed by atoms with van der Waals surface area (Å²) in [6.45, 7) is -0.996. The SMILES string of the molecule is O=C(O)CN1CCCN(C(=O)O)CCN(CC(=O)NC(P(=O)(O)O)P(=O)(O)O)CCN(CC(=O)O)CC1. The van der Waals surface area contributed by atoms with Crippen molar-refractivity contribution in [2.45, 2.75) is 11.9 Å². The van der Waals surface area contributed by atoms with Gasteiger partial charge in [0.1, 0.15) is 0 Å². The predicted octanol–water partition coefficient (Wildman–Crippen LogP) is -2.80. The van der Waals surface area contributed by atoms with Gasteiger partial charge in [-0.25, -0.2) is 4.79 Å². The third kappa shape index (κ3) is 13.3. The molecule has 1 rings (SSSR count). The molecule has 18 nitrogen and oxygen atoms in total. The van der Waals surface area contributed by atoms with Crippen molar-refractivity contribution in [3.63, 3.8) is 0 Å². The van der Waals surface area contributed by atoms with Crippen LogP contribution in [0.1, 0.15) is 6.42 Å². The van der Waals surface area contributed by atoms with Crippen LogP contribution in [0.25, 0.3) is 0 Å². The average Bonchev–Trinajstić information content (AvgIpc) is 2.73. The Labute approximate surface area is 211 Å². The van der Waals surface area contributed by atoms with E-state index < -0.39 is 57.7 Å². The van der Waals surface area contributed by atoms with Crippen molar-refractivity contribution >= 4 is 39.1 Å². The maximum Gasteiger partial charge on any atom is 0.407 e. The first kappa shape index (κ1) is 32.9. The molecular formula is C17H33N5O13P2. The average molecular weight is 577 g/mol. The van der Waals surface area contributed by atoms with Gasteiger partial charge in [-0.05, 0) is 6.42 Å². The highest BCUT2D eigenvalue weighted by molar-refractivity contribution is 7.70. The molecule has 214 valence electrons. The van der Waals surface area contributed by atoms with E-state index in [4.69, 9.17) is 5.11 Å². The Morgan fingerprint density at radius 1 is 0.649 bits per heavy atom. The number of nitrogens with one attached hydrogen (secondary N) is 1. The number of carboxylic acids is 2. The lowest BCUT2D eigenvalue weighted by Crippen LogP contribution is -2.47. The molecule has 37 heavy (non-hydrogen) atoms. The Morgan fingerprint density at radius 3 is 1.46 bits per heavy atom. The minimum Gasteiger partial charge on any atom is -0.480 e. The second-order valence-electron chi connectivity index (χ2n) is 8.36. The van der Waals surface area contributed by atoms with Crippen molar-refractivity contribution in [2.24, 2.45) is 0 Å². The topological polar surface area (TPSA) is 269 Å². The molecule has 8 N–H and O–H groups in total. The molecule has 0 atom stereocenters. The number of amides is 2. The van der Waals surface area contributed by atoms with Gasteiger partial charge in [0.05, 0.1) is 19.6 Å². The molecule has 1 aliphatic heterocycles. The molecule has 0 spiro atoms. The van der Waals surface area contributed by atoms with Gasteiger partial charge in [0.2, 0.25) is 11.4 Å². The van der Waals surface area contributed by atoms with Gasteiger partial charge in [0.25, 0.3) is 0 Å². The quantitative estimate of drug-likeness (QED) is 0.129. The molecule has 0 bridgehead atoms. The van der Waals surface area contributed by atoms with E-state index in [1.165, 1.54) is 9.80 Å². The fourth-order valence-electron chi connectivity index (χ4n) is 3.57. The molecule has 20 heteroatoms. The van der Waals surface area contributed by atoms with Crippen molar-refractivity contribution < 1.29 is 63.2 Å². The Morgan fingerprint density at radius 2 is 1.05 bits per heavy atom. The number of rotatable bonds is 9. The minimum atomic E-state index is -5.43. The van der Waals surface area contributed by atoms with E-state index in [0.29, 0.717) is 0 Å². The van der Waals surface area contributed by atoms with Gasteiger partial charge in [-0.15, -0.1) is 0 Å². The van der Waals surface area contributed by atoms with Crippen LogP contribution in [0.4, 0.5) is 4.79 Å². The minimum absolute atomic E-state index is 0.0242. The van der Waals surface area contributed by atoms with E-state index in [-0.39, 0.29) is 65.3 Å². The van der Waals surface area contributed by atoms with Crippen LogP contribution < -0.4 is 5.32 Å². The summed E-state index contributed by atoms with van der Waals surface area (Å²) in [5.41, 5.74) is -2.76. The molecule has 0 aromatic rings. The smallest absolute Gasteiger partial charge is 0.407 e. The van der Waals surface area contributed by atoms with Crippen LogP contribution in [0.5, 0.6) is 0 Å². The lowest BCUT2D eigenvalue weighted by atomic mass is 10.3. The number of nitrogens with zero attached hydrogens (tertiary/aromatic N) is 4. The Bertz CT molecular complexity index is 888. The summed E-state index contributed by atoms with van der Waals surface area (Å²) in [6.07, 6.45) is -1.01. The summed E-state index contributed by atoms with van der Waals surface area (Å²) in [6, 6.07) is 0. The van der Waals surface area contributed by atoms with E-state index in [2.05, 4.69) is 0 Å². The molecule has 0 aromatic heterocycles. The van der Waals surface area contributed by atoms with Crippen molar-refractivity contribution in [2.75, 3.05) is 72.0 Å². The molecule has 1 saturated heterocycles. The lowest BCUT2D eigenvalue weighted by Gasteiger charge is -2.29. The Hall–Kier alpha value is -2.14. The molecule has 1 aliphatic rings. The second-order valence-corrected chi connectivity index (χ2v) is 12.2. The third-order valence-corrected chi connectivity index (χ3v) is 8.67. The number of hydrogen-bond acceptors (Lipinski definition) is 9. The van der Waals surface area contributed by atoms with E-state index in [1.54, 1.807) is 10.2 Å². The van der Waals surface area contributed by atoms with E-state index in [9.17, 15) is 58.1 Å². The summed E-state index contributed by atoms with van der Waals surface area (Å²) in [7, 11) is -10.9. The zero-order valence-corrected chi connectivity index (χ0v) is 21.6. The first-order chi connectivity index (χ1) is 17.0. The standard InChI is InChI=1S/C17H33N5O13P2/c23-13(18-16(36(30,31)32)37(33,34)35)10-20-5-7-21(12-15(26)27)6-4-19(11-14(24)25)2-1-3-22(9-8-20)17(28)29/h16H,1-12H2,(H,18,23)(H,24,25)(H,26,27)(H,28,29)(H2,30,31,32)(H2,33,34,35).